The zero-order valence-electron chi connectivity index (χ0n) is 30.7. The number of phenols is 3. The van der Waals surface area contributed by atoms with Gasteiger partial charge in [0.15, 0.2) is 5.75 Å². The van der Waals surface area contributed by atoms with Gasteiger partial charge < -0.3 is 49.8 Å². The van der Waals surface area contributed by atoms with Crippen LogP contribution in [0, 0.1) is 30.6 Å². The van der Waals surface area contributed by atoms with Crippen LogP contribution in [0.3, 0.4) is 0 Å². The molecule has 0 fully saturated rings. The van der Waals surface area contributed by atoms with Gasteiger partial charge in [-0.15, -0.1) is 0 Å². The molecule has 3 aliphatic rings. The second-order valence-corrected chi connectivity index (χ2v) is 13.4. The van der Waals surface area contributed by atoms with Crippen molar-refractivity contribution >= 4 is 34.1 Å². The quantitative estimate of drug-likeness (QED) is 0.114. The number of methoxy groups -OCH3 is 1. The van der Waals surface area contributed by atoms with Crippen molar-refractivity contribution in [2.24, 2.45) is 23.7 Å². The number of allylic oxidation sites excluding steroid dienone is 2. The Hall–Kier alpha value is -3.59. The number of Topliss-reactive ketones (excluding diaryl/α,β-unsaturated/α-hetero) is 1. The number of hydrogen-bond donors (Lipinski definition) is 6. The molecule has 2 aromatic rings. The summed E-state index contributed by atoms with van der Waals surface area (Å²) in [6, 6.07) is 1.06. The van der Waals surface area contributed by atoms with E-state index in [0.29, 0.717) is 0 Å². The van der Waals surface area contributed by atoms with Crippen LogP contribution in [0.2, 0.25) is 0 Å². The van der Waals surface area contributed by atoms with E-state index in [1.807, 2.05) is 0 Å². The van der Waals surface area contributed by atoms with Crippen LogP contribution in [0.1, 0.15) is 64.4 Å². The number of carbonyl (C=O) groups excluding carboxylic acids is 3. The molecule has 3 heterocycles. The molecule has 13 nitrogen and oxygen atoms in total. The van der Waals surface area contributed by atoms with Crippen molar-refractivity contribution in [1.29, 1.82) is 0 Å². The number of amides is 1. The average Bonchev–Trinajstić information content (AvgIpc) is 3.33. The maximum absolute atomic E-state index is 13.9. The fourth-order valence-corrected chi connectivity index (χ4v) is 6.65. The van der Waals surface area contributed by atoms with Gasteiger partial charge in [-0.3, -0.25) is 14.4 Å². The predicted octanol–water partition coefficient (Wildman–Crippen LogP) is 1.76. The molecule has 272 valence electrons. The van der Waals surface area contributed by atoms with Crippen molar-refractivity contribution in [3.63, 3.8) is 0 Å². The molecule has 5 rings (SSSR count). The second-order valence-electron chi connectivity index (χ2n) is 13.4. The molecule has 0 radical (unpaired) electrons. The molecule has 0 saturated carbocycles. The molecule has 1 amide bonds. The maximum Gasteiger partial charge on any atom is 1.00 e. The van der Waals surface area contributed by atoms with Crippen LogP contribution in [-0.4, -0.2) is 80.5 Å². The molecule has 14 heteroatoms. The number of anilines is 1. The molecular formula is C37H47NNaO12+. The molecule has 51 heavy (non-hydrogen) atoms. The van der Waals surface area contributed by atoms with Crippen LogP contribution >= 0.6 is 0 Å². The van der Waals surface area contributed by atoms with Gasteiger partial charge in [-0.1, -0.05) is 45.9 Å². The molecule has 9 atom stereocenters. The largest absolute Gasteiger partial charge is 1.00 e. The van der Waals surface area contributed by atoms with E-state index in [1.165, 1.54) is 53.2 Å². The number of ketones is 1. The summed E-state index contributed by atoms with van der Waals surface area (Å²) in [5.41, 5.74) is -0.0929. The van der Waals surface area contributed by atoms with E-state index in [0.717, 1.165) is 6.07 Å². The third kappa shape index (κ3) is 8.08. The van der Waals surface area contributed by atoms with Crippen molar-refractivity contribution < 1.29 is 88.4 Å². The molecule has 0 unspecified atom stereocenters. The molecular weight excluding hydrogens is 673 g/mol. The number of nitrogens with one attached hydrogen (secondary N) is 1. The molecule has 6 N–H and O–H groups in total. The number of hydrogen-bond acceptors (Lipinski definition) is 12. The first-order chi connectivity index (χ1) is 23.4. The number of esters is 1. The number of benzene rings is 2. The van der Waals surface area contributed by atoms with Gasteiger partial charge >= 0.3 is 41.3 Å². The van der Waals surface area contributed by atoms with Crippen LogP contribution in [0.15, 0.2) is 42.2 Å². The predicted molar refractivity (Wildman–Crippen MR) is 184 cm³/mol. The molecule has 0 spiro atoms. The second kappa shape index (κ2) is 16.4. The Bertz CT molecular complexity index is 1770. The Labute approximate surface area is 319 Å². The zero-order valence-corrected chi connectivity index (χ0v) is 32.7. The van der Waals surface area contributed by atoms with Gasteiger partial charge in [0.1, 0.15) is 23.4 Å². The smallest absolute Gasteiger partial charge is 0.507 e. The molecule has 2 aromatic carbocycles. The number of ether oxygens (including phenoxy) is 4. The van der Waals surface area contributed by atoms with Crippen LogP contribution in [0.5, 0.6) is 23.0 Å². The van der Waals surface area contributed by atoms with E-state index in [1.54, 1.807) is 39.8 Å². The number of aliphatic hydroxyl groups excluding tert-OH is 2. The Morgan fingerprint density at radius 2 is 1.59 bits per heavy atom. The first kappa shape index (κ1) is 41.8. The monoisotopic (exact) mass is 720 g/mol. The van der Waals surface area contributed by atoms with Gasteiger partial charge in [-0.25, -0.2) is 0 Å². The van der Waals surface area contributed by atoms with E-state index in [4.69, 9.17) is 18.9 Å². The normalized spacial score (nSPS) is 30.3. The number of carbonyl (C=O) groups is 3. The molecule has 3 aliphatic heterocycles. The van der Waals surface area contributed by atoms with E-state index in [-0.39, 0.29) is 68.5 Å². The van der Waals surface area contributed by atoms with E-state index < -0.39 is 88.8 Å². The average molecular weight is 721 g/mol. The first-order valence-electron chi connectivity index (χ1n) is 16.4. The fraction of sp³-hybridized carbons (Fsp3) is 0.486. The van der Waals surface area contributed by atoms with Gasteiger partial charge in [0, 0.05) is 67.2 Å². The molecule has 5 bridgehead atoms. The minimum absolute atomic E-state index is 0. The van der Waals surface area contributed by atoms with Crippen molar-refractivity contribution in [3.8, 4) is 23.0 Å². The van der Waals surface area contributed by atoms with Crippen molar-refractivity contribution in [2.75, 3.05) is 12.4 Å². The van der Waals surface area contributed by atoms with E-state index in [9.17, 15) is 39.9 Å². The number of fused-ring (bicyclic) bond motifs is 14. The van der Waals surface area contributed by atoms with Gasteiger partial charge in [0.2, 0.25) is 0 Å². The van der Waals surface area contributed by atoms with Crippen molar-refractivity contribution in [3.05, 3.63) is 53.3 Å². The molecule has 0 aliphatic carbocycles. The van der Waals surface area contributed by atoms with E-state index in [2.05, 4.69) is 5.32 Å². The van der Waals surface area contributed by atoms with Gasteiger partial charge in [0.05, 0.1) is 41.2 Å². The Kier molecular flexibility index (Phi) is 13.4. The third-order valence-electron chi connectivity index (χ3n) is 9.84. The standard InChI is InChI=1S/C37H47NO12.Na/c1-16-11-10-12-17(2)36(46)38-23-15-24(40)26-27(32(23)44)31(43)21(6)34-28(26)35(45)37(8,50-34)48-14-13-25(47-9)18(3)33(49-22(7)39)20(5)30(42)19(4)29(16)41;/h10-16,18-20,25,29-30,33,40-44H,1-9H3,(H,38,46);/q;+1/t16-,18+,19+,20+,25-,29-,30+,33+,37-;/m0./s1. The molecule has 0 aromatic heterocycles. The van der Waals surface area contributed by atoms with Crippen molar-refractivity contribution in [2.45, 2.75) is 85.6 Å². The van der Waals surface area contributed by atoms with Crippen LogP contribution in [-0.2, 0) is 23.8 Å². The SMILES string of the molecule is CO[C@H]1C=CO[C@@]2(C)Oc3c(C)c(O)c4c(O)c(cc(O)c4c3C2=O)NC(=O)C(C)=CC=C[C@H](C)[C@H](O)[C@@H](C)[C@@H](O)[C@@H](C)[C@H](OC(C)=O)[C@@H]1C.[Na+]. The van der Waals surface area contributed by atoms with Crippen molar-refractivity contribution in [1.82, 2.24) is 0 Å². The zero-order chi connectivity index (χ0) is 37.4. The summed E-state index contributed by atoms with van der Waals surface area (Å²) in [5.74, 6) is -7.99. The first-order valence-corrected chi connectivity index (χ1v) is 16.4. The summed E-state index contributed by atoms with van der Waals surface area (Å²) in [7, 11) is 1.43. The summed E-state index contributed by atoms with van der Waals surface area (Å²) in [6.45, 7) is 12.5. The van der Waals surface area contributed by atoms with Crippen LogP contribution in [0.25, 0.3) is 10.8 Å². The number of rotatable bonds is 2. The van der Waals surface area contributed by atoms with Gasteiger partial charge in [0.25, 0.3) is 11.7 Å². The summed E-state index contributed by atoms with van der Waals surface area (Å²) in [5, 5.41) is 58.2. The van der Waals surface area contributed by atoms with Crippen LogP contribution in [0.4, 0.5) is 5.69 Å². The summed E-state index contributed by atoms with van der Waals surface area (Å²) >= 11 is 0. The fourth-order valence-electron chi connectivity index (χ4n) is 6.65. The number of aliphatic hydroxyl groups is 2. The summed E-state index contributed by atoms with van der Waals surface area (Å²) in [4.78, 5) is 39.2. The van der Waals surface area contributed by atoms with E-state index >= 15 is 0 Å². The minimum atomic E-state index is -1.98. The summed E-state index contributed by atoms with van der Waals surface area (Å²) in [6.07, 6.45) is 3.62. The topological polar surface area (TPSA) is 201 Å². The Balaban J connectivity index is 0.00000702. The Morgan fingerprint density at radius 1 is 0.941 bits per heavy atom. The van der Waals surface area contributed by atoms with Gasteiger partial charge in [-0.05, 0) is 19.9 Å². The number of aromatic hydroxyl groups is 3. The molecule has 0 saturated heterocycles. The number of phenolic OH excluding ortho intramolecular Hbond substituents is 3. The third-order valence-corrected chi connectivity index (χ3v) is 9.84. The van der Waals surface area contributed by atoms with Gasteiger partial charge in [-0.2, -0.15) is 0 Å². The van der Waals surface area contributed by atoms with Crippen LogP contribution < -0.4 is 39.6 Å². The Morgan fingerprint density at radius 3 is 2.20 bits per heavy atom. The maximum atomic E-state index is 13.9. The minimum Gasteiger partial charge on any atom is -0.507 e. The summed E-state index contributed by atoms with van der Waals surface area (Å²) < 4.78 is 23.2.